The summed E-state index contributed by atoms with van der Waals surface area (Å²) in [4.78, 5) is 27.9. The van der Waals surface area contributed by atoms with Crippen molar-refractivity contribution in [1.82, 2.24) is 4.90 Å². The quantitative estimate of drug-likeness (QED) is 0.660. The van der Waals surface area contributed by atoms with Crippen LogP contribution in [0, 0.1) is 18.7 Å². The number of benzene rings is 3. The maximum absolute atomic E-state index is 13.6. The van der Waals surface area contributed by atoms with Gasteiger partial charge in [-0.1, -0.05) is 30.3 Å². The molecule has 1 aliphatic heterocycles. The van der Waals surface area contributed by atoms with E-state index in [1.165, 1.54) is 12.1 Å². The summed E-state index contributed by atoms with van der Waals surface area (Å²) in [6, 6.07) is 15.6. The van der Waals surface area contributed by atoms with Crippen LogP contribution in [-0.4, -0.2) is 36.9 Å². The summed E-state index contributed by atoms with van der Waals surface area (Å²) in [5, 5.41) is 4.54. The average molecular weight is 420 g/mol. The lowest BCUT2D eigenvalue weighted by molar-refractivity contribution is -0.121. The maximum atomic E-state index is 13.6. The van der Waals surface area contributed by atoms with E-state index in [1.54, 1.807) is 30.2 Å². The minimum Gasteiger partial charge on any atom is -0.496 e. The molecule has 3 aromatic carbocycles. The van der Waals surface area contributed by atoms with E-state index in [9.17, 15) is 14.0 Å². The second kappa shape index (κ2) is 8.76. The second-order valence-electron chi connectivity index (χ2n) is 7.90. The van der Waals surface area contributed by atoms with Crippen molar-refractivity contribution in [3.05, 3.63) is 71.5 Å². The Kier molecular flexibility index (Phi) is 5.89. The van der Waals surface area contributed by atoms with Gasteiger partial charge < -0.3 is 15.0 Å². The number of ether oxygens (including phenoxy) is 1. The number of rotatable bonds is 4. The highest BCUT2D eigenvalue weighted by molar-refractivity contribution is 6.08. The number of methoxy groups -OCH3 is 1. The Morgan fingerprint density at radius 1 is 1.10 bits per heavy atom. The van der Waals surface area contributed by atoms with Crippen LogP contribution in [-0.2, 0) is 4.79 Å². The third-order valence-corrected chi connectivity index (χ3v) is 5.87. The van der Waals surface area contributed by atoms with Gasteiger partial charge in [0.25, 0.3) is 5.91 Å². The van der Waals surface area contributed by atoms with E-state index in [4.69, 9.17) is 4.74 Å². The molecule has 31 heavy (non-hydrogen) atoms. The Hall–Kier alpha value is -3.41. The highest BCUT2D eigenvalue weighted by atomic mass is 19.1. The Morgan fingerprint density at radius 3 is 2.65 bits per heavy atom. The molecule has 1 fully saturated rings. The van der Waals surface area contributed by atoms with Crippen LogP contribution in [0.5, 0.6) is 5.75 Å². The van der Waals surface area contributed by atoms with Crippen LogP contribution < -0.4 is 10.1 Å². The number of fused-ring (bicyclic) bond motifs is 1. The number of anilines is 1. The van der Waals surface area contributed by atoms with E-state index in [-0.39, 0.29) is 17.7 Å². The lowest BCUT2D eigenvalue weighted by atomic mass is 9.95. The number of hydrogen-bond donors (Lipinski definition) is 1. The summed E-state index contributed by atoms with van der Waals surface area (Å²) < 4.78 is 19.0. The number of amides is 2. The third kappa shape index (κ3) is 4.24. The third-order valence-electron chi connectivity index (χ3n) is 5.87. The van der Waals surface area contributed by atoms with Crippen molar-refractivity contribution in [2.24, 2.45) is 5.92 Å². The molecule has 0 saturated carbocycles. The number of halogens is 1. The van der Waals surface area contributed by atoms with Crippen molar-refractivity contribution in [3.8, 4) is 5.75 Å². The zero-order valence-corrected chi connectivity index (χ0v) is 17.7. The molecule has 5 nitrogen and oxygen atoms in total. The van der Waals surface area contributed by atoms with Crippen LogP contribution in [0.3, 0.4) is 0 Å². The van der Waals surface area contributed by atoms with Crippen LogP contribution in [0.15, 0.2) is 54.6 Å². The fourth-order valence-electron chi connectivity index (χ4n) is 4.15. The minimum atomic E-state index is -0.396. The van der Waals surface area contributed by atoms with Crippen LogP contribution in [0.2, 0.25) is 0 Å². The molecular weight excluding hydrogens is 395 g/mol. The smallest absolute Gasteiger partial charge is 0.254 e. The first kappa shape index (κ1) is 20.8. The summed E-state index contributed by atoms with van der Waals surface area (Å²) in [6.45, 7) is 2.75. The highest BCUT2D eigenvalue weighted by Crippen LogP contribution is 2.30. The topological polar surface area (TPSA) is 58.6 Å². The monoisotopic (exact) mass is 420 g/mol. The molecule has 0 aromatic heterocycles. The van der Waals surface area contributed by atoms with Gasteiger partial charge in [0.2, 0.25) is 5.91 Å². The van der Waals surface area contributed by atoms with Crippen molar-refractivity contribution in [1.29, 1.82) is 0 Å². The molecule has 1 aliphatic rings. The Morgan fingerprint density at radius 2 is 1.87 bits per heavy atom. The largest absolute Gasteiger partial charge is 0.496 e. The molecule has 1 atom stereocenters. The van der Waals surface area contributed by atoms with E-state index in [2.05, 4.69) is 5.32 Å². The molecule has 3 aromatic rings. The summed E-state index contributed by atoms with van der Waals surface area (Å²) in [5.41, 5.74) is 1.86. The van der Waals surface area contributed by atoms with Gasteiger partial charge in [-0.25, -0.2) is 4.39 Å². The SMILES string of the molecule is COc1ccc(C(=O)N2CCC[C@@H](C(=O)Nc3cc(F)ccc3C)C2)c2ccccc12. The first-order valence-electron chi connectivity index (χ1n) is 10.4. The summed E-state index contributed by atoms with van der Waals surface area (Å²) in [7, 11) is 1.61. The molecule has 6 heteroatoms. The van der Waals surface area contributed by atoms with Gasteiger partial charge in [-0.3, -0.25) is 9.59 Å². The molecule has 2 amide bonds. The van der Waals surface area contributed by atoms with Crippen molar-refractivity contribution in [3.63, 3.8) is 0 Å². The van der Waals surface area contributed by atoms with Crippen LogP contribution in [0.4, 0.5) is 10.1 Å². The normalized spacial score (nSPS) is 16.2. The number of nitrogens with one attached hydrogen (secondary N) is 1. The first-order valence-corrected chi connectivity index (χ1v) is 10.4. The number of hydrogen-bond acceptors (Lipinski definition) is 3. The molecule has 1 heterocycles. The number of piperidine rings is 1. The summed E-state index contributed by atoms with van der Waals surface area (Å²) in [6.07, 6.45) is 1.42. The number of nitrogens with zero attached hydrogens (tertiary/aromatic N) is 1. The van der Waals surface area contributed by atoms with Gasteiger partial charge in [-0.05, 0) is 55.0 Å². The van der Waals surface area contributed by atoms with E-state index >= 15 is 0 Å². The van der Waals surface area contributed by atoms with Gasteiger partial charge in [-0.2, -0.15) is 0 Å². The van der Waals surface area contributed by atoms with Crippen molar-refractivity contribution >= 4 is 28.3 Å². The number of aryl methyl sites for hydroxylation is 1. The molecular formula is C25H25FN2O3. The molecule has 0 radical (unpaired) electrons. The van der Waals surface area contributed by atoms with Gasteiger partial charge in [0, 0.05) is 29.7 Å². The van der Waals surface area contributed by atoms with E-state index in [0.717, 1.165) is 22.8 Å². The van der Waals surface area contributed by atoms with Crippen molar-refractivity contribution < 1.29 is 18.7 Å². The fraction of sp³-hybridized carbons (Fsp3) is 0.280. The van der Waals surface area contributed by atoms with Crippen LogP contribution in [0.25, 0.3) is 10.8 Å². The summed E-state index contributed by atoms with van der Waals surface area (Å²) >= 11 is 0. The van der Waals surface area contributed by atoms with Crippen LogP contribution >= 0.6 is 0 Å². The lowest BCUT2D eigenvalue weighted by Gasteiger charge is -2.32. The molecule has 0 unspecified atom stereocenters. The highest BCUT2D eigenvalue weighted by Gasteiger charge is 2.30. The average Bonchev–Trinajstić information content (AvgIpc) is 2.80. The van der Waals surface area contributed by atoms with Gasteiger partial charge in [0.1, 0.15) is 11.6 Å². The zero-order valence-electron chi connectivity index (χ0n) is 17.7. The predicted molar refractivity (Wildman–Crippen MR) is 119 cm³/mol. The van der Waals surface area contributed by atoms with E-state index < -0.39 is 5.82 Å². The molecule has 160 valence electrons. The fourth-order valence-corrected chi connectivity index (χ4v) is 4.15. The number of likely N-dealkylation sites (tertiary alicyclic amines) is 1. The first-order chi connectivity index (χ1) is 15.0. The standard InChI is InChI=1S/C25H25FN2O3/c1-16-9-10-18(26)14-22(16)27-24(29)17-6-5-13-28(15-17)25(30)21-11-12-23(31-2)20-8-4-3-7-19(20)21/h3-4,7-12,14,17H,5-6,13,15H2,1-2H3,(H,27,29)/t17-/m1/s1. The molecule has 0 bridgehead atoms. The lowest BCUT2D eigenvalue weighted by Crippen LogP contribution is -2.43. The van der Waals surface area contributed by atoms with Crippen LogP contribution in [0.1, 0.15) is 28.8 Å². The Balaban J connectivity index is 1.54. The minimum absolute atomic E-state index is 0.0988. The Labute approximate surface area is 180 Å². The molecule has 1 saturated heterocycles. The van der Waals surface area contributed by atoms with Gasteiger partial charge in [-0.15, -0.1) is 0 Å². The maximum Gasteiger partial charge on any atom is 0.254 e. The summed E-state index contributed by atoms with van der Waals surface area (Å²) in [5.74, 6) is -0.310. The zero-order chi connectivity index (χ0) is 22.0. The Bertz CT molecular complexity index is 1140. The van der Waals surface area contributed by atoms with Crippen molar-refractivity contribution in [2.75, 3.05) is 25.5 Å². The number of carbonyl (C=O) groups excluding carboxylic acids is 2. The molecule has 1 N–H and O–H groups in total. The number of carbonyl (C=O) groups is 2. The van der Waals surface area contributed by atoms with Gasteiger partial charge >= 0.3 is 0 Å². The molecule has 0 spiro atoms. The van der Waals surface area contributed by atoms with E-state index in [0.29, 0.717) is 36.5 Å². The van der Waals surface area contributed by atoms with Gasteiger partial charge in [0.05, 0.1) is 13.0 Å². The second-order valence-corrected chi connectivity index (χ2v) is 7.90. The predicted octanol–water partition coefficient (Wildman–Crippen LogP) is 4.79. The van der Waals surface area contributed by atoms with Gasteiger partial charge in [0.15, 0.2) is 0 Å². The molecule has 4 rings (SSSR count). The van der Waals surface area contributed by atoms with E-state index in [1.807, 2.05) is 31.2 Å². The molecule has 0 aliphatic carbocycles. The van der Waals surface area contributed by atoms with Crippen molar-refractivity contribution in [2.45, 2.75) is 19.8 Å².